The first-order valence-corrected chi connectivity index (χ1v) is 5.96. The van der Waals surface area contributed by atoms with E-state index >= 15 is 0 Å². The summed E-state index contributed by atoms with van der Waals surface area (Å²) < 4.78 is 0.621. The third-order valence-electron chi connectivity index (χ3n) is 2.10. The molecule has 0 fully saturated rings. The zero-order chi connectivity index (χ0) is 14.4. The van der Waals surface area contributed by atoms with Crippen LogP contribution in [0.2, 0.25) is 0 Å². The number of hydrogen-bond acceptors (Lipinski definition) is 3. The van der Waals surface area contributed by atoms with Gasteiger partial charge in [0.25, 0.3) is 0 Å². The molecule has 1 rings (SSSR count). The number of rotatable bonds is 5. The molecule has 19 heavy (non-hydrogen) atoms. The maximum Gasteiger partial charge on any atom is 0.326 e. The van der Waals surface area contributed by atoms with E-state index in [1.807, 2.05) is 0 Å². The molecule has 1 aromatic carbocycles. The van der Waals surface area contributed by atoms with E-state index in [0.717, 1.165) is 0 Å². The summed E-state index contributed by atoms with van der Waals surface area (Å²) in [6.45, 7) is 0. The van der Waals surface area contributed by atoms with E-state index in [0.29, 0.717) is 10.2 Å². The molecule has 8 heteroatoms. The van der Waals surface area contributed by atoms with Gasteiger partial charge in [0.05, 0.1) is 12.1 Å². The lowest BCUT2D eigenvalue weighted by molar-refractivity contribution is -0.145. The van der Waals surface area contributed by atoms with Crippen LogP contribution in [0.25, 0.3) is 0 Å². The summed E-state index contributed by atoms with van der Waals surface area (Å²) in [6.07, 6.45) is -0.696. The van der Waals surface area contributed by atoms with Crippen LogP contribution in [0.3, 0.4) is 0 Å². The summed E-state index contributed by atoms with van der Waals surface area (Å²) in [5.41, 5.74) is 0.444. The van der Waals surface area contributed by atoms with Gasteiger partial charge in [-0.15, -0.1) is 0 Å². The fourth-order valence-electron chi connectivity index (χ4n) is 1.25. The van der Waals surface area contributed by atoms with Crippen molar-refractivity contribution in [3.05, 3.63) is 28.7 Å². The Morgan fingerprint density at radius 2 is 1.84 bits per heavy atom. The van der Waals surface area contributed by atoms with Crippen LogP contribution in [0.15, 0.2) is 28.7 Å². The highest BCUT2D eigenvalue weighted by atomic mass is 79.9. The quantitative estimate of drug-likeness (QED) is 0.652. The van der Waals surface area contributed by atoms with Crippen LogP contribution in [0.1, 0.15) is 6.42 Å². The molecule has 0 aliphatic rings. The third kappa shape index (κ3) is 4.96. The molecule has 0 aliphatic heterocycles. The largest absolute Gasteiger partial charge is 0.481 e. The van der Waals surface area contributed by atoms with Gasteiger partial charge in [-0.05, 0) is 28.1 Å². The van der Waals surface area contributed by atoms with E-state index in [1.165, 1.54) is 0 Å². The molecular formula is C11H11BrN2O5. The van der Waals surface area contributed by atoms with Crippen LogP contribution < -0.4 is 10.6 Å². The minimum Gasteiger partial charge on any atom is -0.481 e. The van der Waals surface area contributed by atoms with Crippen molar-refractivity contribution in [2.45, 2.75) is 12.5 Å². The molecule has 1 aromatic rings. The zero-order valence-corrected chi connectivity index (χ0v) is 11.2. The average molecular weight is 331 g/mol. The molecule has 2 amide bonds. The Labute approximate surface area is 116 Å². The van der Waals surface area contributed by atoms with Gasteiger partial charge in [0, 0.05) is 4.47 Å². The van der Waals surface area contributed by atoms with Crippen LogP contribution in [0.4, 0.5) is 10.5 Å². The molecule has 0 heterocycles. The number of para-hydroxylation sites is 1. The van der Waals surface area contributed by atoms with Crippen LogP contribution in [0, 0.1) is 0 Å². The number of nitrogens with one attached hydrogen (secondary N) is 2. The number of carbonyl (C=O) groups excluding carboxylic acids is 1. The summed E-state index contributed by atoms with van der Waals surface area (Å²) in [5.74, 6) is -2.72. The van der Waals surface area contributed by atoms with Gasteiger partial charge in [-0.1, -0.05) is 12.1 Å². The number of amides is 2. The van der Waals surface area contributed by atoms with Crippen molar-refractivity contribution >= 4 is 39.6 Å². The summed E-state index contributed by atoms with van der Waals surface area (Å²) in [4.78, 5) is 32.8. The summed E-state index contributed by atoms with van der Waals surface area (Å²) in [7, 11) is 0. The monoisotopic (exact) mass is 330 g/mol. The summed E-state index contributed by atoms with van der Waals surface area (Å²) >= 11 is 3.21. The first-order valence-electron chi connectivity index (χ1n) is 5.17. The normalized spacial score (nSPS) is 11.4. The van der Waals surface area contributed by atoms with Crippen LogP contribution in [0.5, 0.6) is 0 Å². The number of carbonyl (C=O) groups is 3. The third-order valence-corrected chi connectivity index (χ3v) is 2.80. The Hall–Kier alpha value is -2.09. The van der Waals surface area contributed by atoms with Crippen molar-refractivity contribution in [3.8, 4) is 0 Å². The van der Waals surface area contributed by atoms with Gasteiger partial charge in [0.1, 0.15) is 6.04 Å². The minimum absolute atomic E-state index is 0.444. The second kappa shape index (κ2) is 6.74. The topological polar surface area (TPSA) is 116 Å². The fraction of sp³-hybridized carbons (Fsp3) is 0.182. The first kappa shape index (κ1) is 15.0. The average Bonchev–Trinajstić information content (AvgIpc) is 2.30. The van der Waals surface area contributed by atoms with Crippen LogP contribution in [-0.4, -0.2) is 34.2 Å². The molecule has 0 radical (unpaired) electrons. The SMILES string of the molecule is O=C(O)C[C@@H](NC(=O)Nc1ccccc1Br)C(=O)O. The van der Waals surface area contributed by atoms with Crippen LogP contribution >= 0.6 is 15.9 Å². The molecule has 0 bridgehead atoms. The van der Waals surface area contributed by atoms with E-state index in [2.05, 4.69) is 26.6 Å². The van der Waals surface area contributed by atoms with Gasteiger partial charge in [-0.3, -0.25) is 4.79 Å². The highest BCUT2D eigenvalue weighted by molar-refractivity contribution is 9.10. The lowest BCUT2D eigenvalue weighted by Gasteiger charge is -2.13. The molecule has 0 aliphatic carbocycles. The van der Waals surface area contributed by atoms with Crippen molar-refractivity contribution < 1.29 is 24.6 Å². The molecule has 0 aromatic heterocycles. The Kier molecular flexibility index (Phi) is 5.31. The molecule has 1 atom stereocenters. The molecular weight excluding hydrogens is 320 g/mol. The van der Waals surface area contributed by atoms with Gasteiger partial charge in [0.2, 0.25) is 0 Å². The van der Waals surface area contributed by atoms with Crippen molar-refractivity contribution in [2.75, 3.05) is 5.32 Å². The maximum absolute atomic E-state index is 11.6. The predicted octanol–water partition coefficient (Wildman–Crippen LogP) is 1.50. The summed E-state index contributed by atoms with van der Waals surface area (Å²) in [5, 5.41) is 21.8. The Morgan fingerprint density at radius 3 is 2.37 bits per heavy atom. The highest BCUT2D eigenvalue weighted by Crippen LogP contribution is 2.20. The number of carboxylic acids is 2. The second-order valence-electron chi connectivity index (χ2n) is 3.57. The standard InChI is InChI=1S/C11H11BrN2O5/c12-6-3-1-2-4-7(6)13-11(19)14-8(10(17)18)5-9(15)16/h1-4,8H,5H2,(H,15,16)(H,17,18)(H2,13,14,19)/t8-/m1/s1. The smallest absolute Gasteiger partial charge is 0.326 e. The number of halogens is 1. The number of benzene rings is 1. The lowest BCUT2D eigenvalue weighted by Crippen LogP contribution is -2.44. The van der Waals surface area contributed by atoms with Gasteiger partial charge in [0.15, 0.2) is 0 Å². The van der Waals surface area contributed by atoms with E-state index in [9.17, 15) is 14.4 Å². The van der Waals surface area contributed by atoms with Gasteiger partial charge < -0.3 is 20.8 Å². The molecule has 7 nitrogen and oxygen atoms in total. The molecule has 0 saturated carbocycles. The number of anilines is 1. The van der Waals surface area contributed by atoms with Crippen molar-refractivity contribution in [3.63, 3.8) is 0 Å². The van der Waals surface area contributed by atoms with E-state index < -0.39 is 30.4 Å². The Morgan fingerprint density at radius 1 is 1.21 bits per heavy atom. The van der Waals surface area contributed by atoms with Crippen LogP contribution in [-0.2, 0) is 9.59 Å². The molecule has 0 saturated heterocycles. The number of aliphatic carboxylic acids is 2. The lowest BCUT2D eigenvalue weighted by atomic mass is 10.2. The molecule has 0 spiro atoms. The first-order chi connectivity index (χ1) is 8.90. The Balaban J connectivity index is 2.65. The second-order valence-corrected chi connectivity index (χ2v) is 4.42. The Bertz CT molecular complexity index is 506. The van der Waals surface area contributed by atoms with Gasteiger partial charge >= 0.3 is 18.0 Å². The molecule has 4 N–H and O–H groups in total. The van der Waals surface area contributed by atoms with E-state index in [-0.39, 0.29) is 0 Å². The van der Waals surface area contributed by atoms with E-state index in [1.54, 1.807) is 24.3 Å². The zero-order valence-electron chi connectivity index (χ0n) is 9.59. The van der Waals surface area contributed by atoms with Crippen molar-refractivity contribution in [2.24, 2.45) is 0 Å². The summed E-state index contributed by atoms with van der Waals surface area (Å²) in [6, 6.07) is 4.46. The molecule has 102 valence electrons. The van der Waals surface area contributed by atoms with Gasteiger partial charge in [-0.2, -0.15) is 0 Å². The van der Waals surface area contributed by atoms with Crippen molar-refractivity contribution in [1.82, 2.24) is 5.32 Å². The number of carboxylic acid groups (broad SMARTS) is 2. The highest BCUT2D eigenvalue weighted by Gasteiger charge is 2.23. The van der Waals surface area contributed by atoms with Gasteiger partial charge in [-0.25, -0.2) is 9.59 Å². The fourth-order valence-corrected chi connectivity index (χ4v) is 1.64. The molecule has 0 unspecified atom stereocenters. The van der Waals surface area contributed by atoms with Crippen molar-refractivity contribution in [1.29, 1.82) is 0 Å². The number of hydrogen-bond donors (Lipinski definition) is 4. The number of urea groups is 1. The van der Waals surface area contributed by atoms with E-state index in [4.69, 9.17) is 10.2 Å². The maximum atomic E-state index is 11.6. The minimum atomic E-state index is -1.49. The predicted molar refractivity (Wildman–Crippen MR) is 70.0 cm³/mol.